The van der Waals surface area contributed by atoms with E-state index in [1.54, 1.807) is 0 Å². The van der Waals surface area contributed by atoms with E-state index in [2.05, 4.69) is 40.3 Å². The first-order valence-corrected chi connectivity index (χ1v) is 6.58. The average Bonchev–Trinajstić information content (AvgIpc) is 2.22. The third-order valence-corrected chi connectivity index (χ3v) is 2.73. The summed E-state index contributed by atoms with van der Waals surface area (Å²) in [4.78, 5) is 0. The van der Waals surface area contributed by atoms with Gasteiger partial charge in [-0.1, -0.05) is 13.0 Å². The van der Waals surface area contributed by atoms with Crippen molar-refractivity contribution in [3.8, 4) is 5.75 Å². The molecule has 1 aromatic rings. The van der Waals surface area contributed by atoms with Gasteiger partial charge in [-0.25, -0.2) is 0 Å². The van der Waals surface area contributed by atoms with Crippen LogP contribution < -0.4 is 10.1 Å². The third-order valence-electron chi connectivity index (χ3n) is 2.11. The quantitative estimate of drug-likeness (QED) is 0.804. The fourth-order valence-electron chi connectivity index (χ4n) is 1.41. The molecule has 90 valence electrons. The lowest BCUT2D eigenvalue weighted by Crippen LogP contribution is -2.13. The average molecular weight is 286 g/mol. The molecular weight excluding hydrogens is 266 g/mol. The van der Waals surface area contributed by atoms with Crippen molar-refractivity contribution < 1.29 is 4.74 Å². The van der Waals surface area contributed by atoms with Crippen molar-refractivity contribution in [3.63, 3.8) is 0 Å². The zero-order valence-electron chi connectivity index (χ0n) is 10.2. The van der Waals surface area contributed by atoms with Crippen LogP contribution in [0.3, 0.4) is 0 Å². The molecule has 0 unspecified atom stereocenters. The molecule has 16 heavy (non-hydrogen) atoms. The van der Waals surface area contributed by atoms with Gasteiger partial charge in [0.15, 0.2) is 0 Å². The lowest BCUT2D eigenvalue weighted by molar-refractivity contribution is 0.241. The molecule has 0 aromatic heterocycles. The second-order valence-electron chi connectivity index (χ2n) is 4.11. The predicted octanol–water partition coefficient (Wildman–Crippen LogP) is 3.74. The van der Waals surface area contributed by atoms with Gasteiger partial charge in [0.05, 0.1) is 10.6 Å². The lowest BCUT2D eigenvalue weighted by atomic mass is 10.2. The zero-order chi connectivity index (χ0) is 12.0. The fourth-order valence-corrected chi connectivity index (χ4v) is 1.93. The third kappa shape index (κ3) is 4.54. The number of hydrogen-bond acceptors (Lipinski definition) is 2. The molecule has 0 atom stereocenters. The SMILES string of the molecule is CCCNCc1ccc(OC(C)C)c(Br)c1. The van der Waals surface area contributed by atoms with Gasteiger partial charge in [0.25, 0.3) is 0 Å². The van der Waals surface area contributed by atoms with Crippen LogP contribution in [0.2, 0.25) is 0 Å². The first-order valence-electron chi connectivity index (χ1n) is 5.79. The van der Waals surface area contributed by atoms with Crippen molar-refractivity contribution in [1.82, 2.24) is 5.32 Å². The molecule has 0 aliphatic heterocycles. The van der Waals surface area contributed by atoms with Gasteiger partial charge in [0.2, 0.25) is 0 Å². The molecule has 0 aliphatic rings. The van der Waals surface area contributed by atoms with E-state index in [4.69, 9.17) is 4.74 Å². The number of ether oxygens (including phenoxy) is 1. The summed E-state index contributed by atoms with van der Waals surface area (Å²) in [6, 6.07) is 6.23. The molecule has 0 radical (unpaired) electrons. The Morgan fingerprint density at radius 3 is 2.69 bits per heavy atom. The van der Waals surface area contributed by atoms with Crippen LogP contribution in [0.1, 0.15) is 32.8 Å². The number of nitrogens with one attached hydrogen (secondary N) is 1. The van der Waals surface area contributed by atoms with Gasteiger partial charge < -0.3 is 10.1 Å². The Bertz CT molecular complexity index is 326. The fraction of sp³-hybridized carbons (Fsp3) is 0.538. The molecule has 0 heterocycles. The number of benzene rings is 1. The second kappa shape index (κ2) is 6.92. The Balaban J connectivity index is 2.60. The monoisotopic (exact) mass is 285 g/mol. The minimum Gasteiger partial charge on any atom is -0.490 e. The molecule has 3 heteroatoms. The molecule has 0 saturated heterocycles. The first kappa shape index (κ1) is 13.5. The summed E-state index contributed by atoms with van der Waals surface area (Å²) in [5.41, 5.74) is 1.27. The summed E-state index contributed by atoms with van der Waals surface area (Å²) < 4.78 is 6.68. The summed E-state index contributed by atoms with van der Waals surface area (Å²) in [7, 11) is 0. The van der Waals surface area contributed by atoms with Gasteiger partial charge in [0, 0.05) is 6.54 Å². The summed E-state index contributed by atoms with van der Waals surface area (Å²) in [6.45, 7) is 8.20. The maximum atomic E-state index is 5.66. The number of halogens is 1. The van der Waals surface area contributed by atoms with Gasteiger partial charge in [-0.3, -0.25) is 0 Å². The zero-order valence-corrected chi connectivity index (χ0v) is 11.8. The summed E-state index contributed by atoms with van der Waals surface area (Å²) in [6.07, 6.45) is 1.37. The van der Waals surface area contributed by atoms with E-state index in [-0.39, 0.29) is 6.10 Å². The van der Waals surface area contributed by atoms with Crippen LogP contribution in [-0.4, -0.2) is 12.6 Å². The highest BCUT2D eigenvalue weighted by Crippen LogP contribution is 2.26. The van der Waals surface area contributed by atoms with Crippen LogP contribution >= 0.6 is 15.9 Å². The molecule has 1 N–H and O–H groups in total. The maximum Gasteiger partial charge on any atom is 0.133 e. The van der Waals surface area contributed by atoms with Gasteiger partial charge in [-0.15, -0.1) is 0 Å². The van der Waals surface area contributed by atoms with Crippen molar-refractivity contribution in [2.24, 2.45) is 0 Å². The van der Waals surface area contributed by atoms with Crippen LogP contribution in [0, 0.1) is 0 Å². The van der Waals surface area contributed by atoms with Crippen LogP contribution in [0.15, 0.2) is 22.7 Å². The Morgan fingerprint density at radius 1 is 1.38 bits per heavy atom. The molecule has 1 rings (SSSR count). The Kier molecular flexibility index (Phi) is 5.85. The van der Waals surface area contributed by atoms with Crippen LogP contribution in [0.25, 0.3) is 0 Å². The molecule has 0 fully saturated rings. The minimum absolute atomic E-state index is 0.209. The first-order chi connectivity index (χ1) is 7.63. The van der Waals surface area contributed by atoms with E-state index in [0.717, 1.165) is 29.7 Å². The van der Waals surface area contributed by atoms with E-state index in [9.17, 15) is 0 Å². The highest BCUT2D eigenvalue weighted by atomic mass is 79.9. The van der Waals surface area contributed by atoms with E-state index >= 15 is 0 Å². The standard InChI is InChI=1S/C13H20BrNO/c1-4-7-15-9-11-5-6-13(12(14)8-11)16-10(2)3/h5-6,8,10,15H,4,7,9H2,1-3H3. The van der Waals surface area contributed by atoms with E-state index < -0.39 is 0 Å². The highest BCUT2D eigenvalue weighted by Gasteiger charge is 2.04. The van der Waals surface area contributed by atoms with Crippen molar-refractivity contribution in [3.05, 3.63) is 28.2 Å². The molecular formula is C13H20BrNO. The highest BCUT2D eigenvalue weighted by molar-refractivity contribution is 9.10. The molecule has 0 bridgehead atoms. The molecule has 0 spiro atoms. The van der Waals surface area contributed by atoms with Crippen LogP contribution in [0.4, 0.5) is 0 Å². The van der Waals surface area contributed by atoms with Crippen LogP contribution in [0.5, 0.6) is 5.75 Å². The maximum absolute atomic E-state index is 5.66. The minimum atomic E-state index is 0.209. The lowest BCUT2D eigenvalue weighted by Gasteiger charge is -2.12. The van der Waals surface area contributed by atoms with Gasteiger partial charge >= 0.3 is 0 Å². The second-order valence-corrected chi connectivity index (χ2v) is 4.96. The molecule has 0 aliphatic carbocycles. The van der Waals surface area contributed by atoms with Gasteiger partial charge in [-0.2, -0.15) is 0 Å². The summed E-state index contributed by atoms with van der Waals surface area (Å²) in [5, 5.41) is 3.38. The Morgan fingerprint density at radius 2 is 2.12 bits per heavy atom. The topological polar surface area (TPSA) is 21.3 Å². The molecule has 2 nitrogen and oxygen atoms in total. The Hall–Kier alpha value is -0.540. The predicted molar refractivity (Wildman–Crippen MR) is 71.9 cm³/mol. The molecule has 0 amide bonds. The van der Waals surface area contributed by atoms with Crippen LogP contribution in [-0.2, 0) is 6.54 Å². The van der Waals surface area contributed by atoms with Crippen molar-refractivity contribution in [2.45, 2.75) is 39.8 Å². The van der Waals surface area contributed by atoms with Gasteiger partial charge in [-0.05, 0) is 60.4 Å². The van der Waals surface area contributed by atoms with E-state index in [1.165, 1.54) is 5.56 Å². The van der Waals surface area contributed by atoms with E-state index in [0.29, 0.717) is 0 Å². The van der Waals surface area contributed by atoms with Gasteiger partial charge in [0.1, 0.15) is 5.75 Å². The normalized spacial score (nSPS) is 10.8. The van der Waals surface area contributed by atoms with Crippen molar-refractivity contribution in [1.29, 1.82) is 0 Å². The summed E-state index contributed by atoms with van der Waals surface area (Å²) in [5.74, 6) is 0.911. The number of rotatable bonds is 6. The largest absolute Gasteiger partial charge is 0.490 e. The smallest absolute Gasteiger partial charge is 0.133 e. The van der Waals surface area contributed by atoms with Crippen molar-refractivity contribution >= 4 is 15.9 Å². The molecule has 1 aromatic carbocycles. The molecule has 0 saturated carbocycles. The number of hydrogen-bond donors (Lipinski definition) is 1. The summed E-state index contributed by atoms with van der Waals surface area (Å²) >= 11 is 3.53. The van der Waals surface area contributed by atoms with E-state index in [1.807, 2.05) is 19.9 Å². The van der Waals surface area contributed by atoms with Crippen molar-refractivity contribution in [2.75, 3.05) is 6.54 Å². The Labute approximate surface area is 107 Å².